The van der Waals surface area contributed by atoms with Gasteiger partial charge in [-0.2, -0.15) is 0 Å². The first-order valence-electron chi connectivity index (χ1n) is 4.21. The third-order valence-corrected chi connectivity index (χ3v) is 2.15. The molecule has 1 rings (SSSR count). The molecule has 1 aliphatic carbocycles. The summed E-state index contributed by atoms with van der Waals surface area (Å²) in [6.45, 7) is 1.82. The Kier molecular flexibility index (Phi) is 2.88. The van der Waals surface area contributed by atoms with Gasteiger partial charge in [-0.05, 0) is 19.3 Å². The van der Waals surface area contributed by atoms with Gasteiger partial charge in [0.25, 0.3) is 0 Å². The molecule has 2 unspecified atom stereocenters. The lowest BCUT2D eigenvalue weighted by molar-refractivity contribution is -0.122. The summed E-state index contributed by atoms with van der Waals surface area (Å²) < 4.78 is 0. The molecule has 0 heterocycles. The minimum Gasteiger partial charge on any atom is -0.391 e. The minimum absolute atomic E-state index is 0.0162. The maximum absolute atomic E-state index is 10.9. The van der Waals surface area contributed by atoms with Crippen LogP contribution >= 0.6 is 0 Å². The number of carbonyl (C=O) groups excluding carboxylic acids is 1. The highest BCUT2D eigenvalue weighted by molar-refractivity contribution is 5.75. The van der Waals surface area contributed by atoms with E-state index in [-0.39, 0.29) is 18.1 Å². The lowest BCUT2D eigenvalue weighted by Gasteiger charge is -2.15. The van der Waals surface area contributed by atoms with Crippen molar-refractivity contribution in [2.75, 3.05) is 0 Å². The van der Waals surface area contributed by atoms with E-state index in [0.717, 1.165) is 19.3 Å². The molecule has 1 saturated carbocycles. The molecule has 0 radical (unpaired) electrons. The zero-order valence-corrected chi connectivity index (χ0v) is 6.84. The van der Waals surface area contributed by atoms with Gasteiger partial charge in [0.1, 0.15) is 0 Å². The van der Waals surface area contributed by atoms with Crippen LogP contribution in [-0.4, -0.2) is 23.2 Å². The van der Waals surface area contributed by atoms with Crippen LogP contribution in [0.4, 0.5) is 0 Å². The van der Waals surface area contributed by atoms with Crippen LogP contribution in [0.2, 0.25) is 0 Å². The number of hydrogen-bond acceptors (Lipinski definition) is 2. The standard InChI is InChI=1S/C8H15NO2/c1-2-8(11)9-6-4-3-5-7(6)10/h6-7,10H,2-5H2,1H3,(H,9,11). The van der Waals surface area contributed by atoms with Gasteiger partial charge in [0.15, 0.2) is 0 Å². The molecule has 64 valence electrons. The minimum atomic E-state index is -0.314. The Labute approximate surface area is 66.8 Å². The van der Waals surface area contributed by atoms with Crippen molar-refractivity contribution >= 4 is 5.91 Å². The van der Waals surface area contributed by atoms with E-state index in [1.54, 1.807) is 0 Å². The normalized spacial score (nSPS) is 30.4. The third kappa shape index (κ3) is 2.19. The molecular weight excluding hydrogens is 142 g/mol. The molecule has 3 heteroatoms. The smallest absolute Gasteiger partial charge is 0.220 e. The Morgan fingerprint density at radius 1 is 1.64 bits per heavy atom. The van der Waals surface area contributed by atoms with Crippen molar-refractivity contribution in [2.24, 2.45) is 0 Å². The van der Waals surface area contributed by atoms with Crippen molar-refractivity contribution in [3.05, 3.63) is 0 Å². The summed E-state index contributed by atoms with van der Waals surface area (Å²) in [5.41, 5.74) is 0. The molecule has 0 bridgehead atoms. The van der Waals surface area contributed by atoms with Gasteiger partial charge in [-0.1, -0.05) is 6.92 Å². The summed E-state index contributed by atoms with van der Waals surface area (Å²) in [6, 6.07) is 0.0162. The Bertz CT molecular complexity index is 147. The van der Waals surface area contributed by atoms with E-state index in [1.165, 1.54) is 0 Å². The lowest BCUT2D eigenvalue weighted by Crippen LogP contribution is -2.39. The SMILES string of the molecule is CCC(=O)NC1CCCC1O. The fraction of sp³-hybridized carbons (Fsp3) is 0.875. The predicted molar refractivity (Wildman–Crippen MR) is 42.1 cm³/mol. The van der Waals surface area contributed by atoms with Crippen LogP contribution in [0.3, 0.4) is 0 Å². The van der Waals surface area contributed by atoms with Gasteiger partial charge >= 0.3 is 0 Å². The summed E-state index contributed by atoms with van der Waals surface area (Å²) in [4.78, 5) is 10.9. The molecule has 0 aromatic heterocycles. The topological polar surface area (TPSA) is 49.3 Å². The van der Waals surface area contributed by atoms with Gasteiger partial charge in [0.05, 0.1) is 12.1 Å². The second kappa shape index (κ2) is 3.72. The molecular formula is C8H15NO2. The molecule has 0 spiro atoms. The largest absolute Gasteiger partial charge is 0.391 e. The van der Waals surface area contributed by atoms with E-state index in [2.05, 4.69) is 5.32 Å². The first-order chi connectivity index (χ1) is 5.24. The highest BCUT2D eigenvalue weighted by Gasteiger charge is 2.25. The molecule has 2 N–H and O–H groups in total. The molecule has 3 nitrogen and oxygen atoms in total. The van der Waals surface area contributed by atoms with Crippen molar-refractivity contribution in [1.82, 2.24) is 5.32 Å². The number of nitrogens with one attached hydrogen (secondary N) is 1. The number of hydrogen-bond donors (Lipinski definition) is 2. The fourth-order valence-corrected chi connectivity index (χ4v) is 1.42. The molecule has 0 aliphatic heterocycles. The second-order valence-electron chi connectivity index (χ2n) is 3.03. The first kappa shape index (κ1) is 8.53. The van der Waals surface area contributed by atoms with Gasteiger partial charge in [-0.3, -0.25) is 4.79 Å². The van der Waals surface area contributed by atoms with Gasteiger partial charge in [-0.25, -0.2) is 0 Å². The molecule has 1 amide bonds. The first-order valence-corrected chi connectivity index (χ1v) is 4.21. The summed E-state index contributed by atoms with van der Waals surface area (Å²) in [7, 11) is 0. The van der Waals surface area contributed by atoms with Crippen molar-refractivity contribution in [2.45, 2.75) is 44.8 Å². The molecule has 2 atom stereocenters. The lowest BCUT2D eigenvalue weighted by atomic mass is 10.2. The van der Waals surface area contributed by atoms with Gasteiger partial charge < -0.3 is 10.4 Å². The predicted octanol–water partition coefficient (Wildman–Crippen LogP) is 0.426. The zero-order valence-electron chi connectivity index (χ0n) is 6.84. The van der Waals surface area contributed by atoms with E-state index < -0.39 is 0 Å². The van der Waals surface area contributed by atoms with Crippen LogP contribution in [0.5, 0.6) is 0 Å². The molecule has 1 aliphatic rings. The van der Waals surface area contributed by atoms with E-state index in [0.29, 0.717) is 6.42 Å². The number of aliphatic hydroxyl groups is 1. The van der Waals surface area contributed by atoms with E-state index >= 15 is 0 Å². The Morgan fingerprint density at radius 3 is 2.82 bits per heavy atom. The molecule has 0 saturated heterocycles. The summed E-state index contributed by atoms with van der Waals surface area (Å²) in [5, 5.41) is 12.1. The van der Waals surface area contributed by atoms with Gasteiger partial charge in [-0.15, -0.1) is 0 Å². The monoisotopic (exact) mass is 157 g/mol. The number of amides is 1. The van der Waals surface area contributed by atoms with Crippen LogP contribution in [0.15, 0.2) is 0 Å². The number of rotatable bonds is 2. The molecule has 0 aromatic carbocycles. The van der Waals surface area contributed by atoms with E-state index in [4.69, 9.17) is 0 Å². The average molecular weight is 157 g/mol. The Hall–Kier alpha value is -0.570. The number of carbonyl (C=O) groups is 1. The van der Waals surface area contributed by atoms with Crippen molar-refractivity contribution < 1.29 is 9.90 Å². The van der Waals surface area contributed by atoms with E-state index in [9.17, 15) is 9.90 Å². The maximum atomic E-state index is 10.9. The van der Waals surface area contributed by atoms with Gasteiger partial charge in [0.2, 0.25) is 5.91 Å². The maximum Gasteiger partial charge on any atom is 0.220 e. The van der Waals surface area contributed by atoms with Crippen molar-refractivity contribution in [3.63, 3.8) is 0 Å². The van der Waals surface area contributed by atoms with Crippen molar-refractivity contribution in [1.29, 1.82) is 0 Å². The van der Waals surface area contributed by atoms with E-state index in [1.807, 2.05) is 6.92 Å². The van der Waals surface area contributed by atoms with Crippen molar-refractivity contribution in [3.8, 4) is 0 Å². The third-order valence-electron chi connectivity index (χ3n) is 2.15. The second-order valence-corrected chi connectivity index (χ2v) is 3.03. The Morgan fingerprint density at radius 2 is 2.36 bits per heavy atom. The average Bonchev–Trinajstić information content (AvgIpc) is 2.37. The highest BCUT2D eigenvalue weighted by Crippen LogP contribution is 2.18. The molecule has 1 fully saturated rings. The molecule has 11 heavy (non-hydrogen) atoms. The highest BCUT2D eigenvalue weighted by atomic mass is 16.3. The summed E-state index contributed by atoms with van der Waals surface area (Å²) in [6.07, 6.45) is 2.96. The van der Waals surface area contributed by atoms with Crippen LogP contribution in [-0.2, 0) is 4.79 Å². The molecule has 0 aromatic rings. The van der Waals surface area contributed by atoms with Crippen LogP contribution in [0, 0.1) is 0 Å². The van der Waals surface area contributed by atoms with Gasteiger partial charge in [0, 0.05) is 6.42 Å². The summed E-state index contributed by atoms with van der Waals surface area (Å²) in [5.74, 6) is 0.0379. The summed E-state index contributed by atoms with van der Waals surface area (Å²) >= 11 is 0. The zero-order chi connectivity index (χ0) is 8.27. The number of aliphatic hydroxyl groups excluding tert-OH is 1. The Balaban J connectivity index is 2.30. The van der Waals surface area contributed by atoms with Crippen LogP contribution in [0.25, 0.3) is 0 Å². The van der Waals surface area contributed by atoms with Crippen LogP contribution in [0.1, 0.15) is 32.6 Å². The quantitative estimate of drug-likeness (QED) is 0.610. The van der Waals surface area contributed by atoms with Crippen LogP contribution < -0.4 is 5.32 Å². The fourth-order valence-electron chi connectivity index (χ4n) is 1.42.